The van der Waals surface area contributed by atoms with Crippen molar-refractivity contribution in [2.75, 3.05) is 0 Å². The lowest BCUT2D eigenvalue weighted by atomic mass is 10.1. The Bertz CT molecular complexity index is 555. The van der Waals surface area contributed by atoms with Gasteiger partial charge in [-0.05, 0) is 24.6 Å². The highest BCUT2D eigenvalue weighted by Gasteiger charge is 2.10. The van der Waals surface area contributed by atoms with Crippen molar-refractivity contribution in [2.45, 2.75) is 33.0 Å². The summed E-state index contributed by atoms with van der Waals surface area (Å²) in [6.45, 7) is 3.49. The highest BCUT2D eigenvalue weighted by molar-refractivity contribution is 5.30. The normalized spacial score (nSPS) is 12.4. The molecule has 0 spiro atoms. The molecule has 0 saturated carbocycles. The number of benzene rings is 1. The van der Waals surface area contributed by atoms with Gasteiger partial charge in [0.15, 0.2) is 24.0 Å². The lowest BCUT2D eigenvalue weighted by Crippen LogP contribution is -1.99. The molecule has 0 aliphatic rings. The van der Waals surface area contributed by atoms with E-state index in [9.17, 15) is 9.50 Å². The average Bonchev–Trinajstić information content (AvgIpc) is 2.85. The van der Waals surface area contributed by atoms with Crippen LogP contribution in [0.25, 0.3) is 0 Å². The number of aromatic nitrogens is 2. The third kappa shape index (κ3) is 3.29. The number of aliphatic hydroxyl groups excluding tert-OH is 1. The quantitative estimate of drug-likeness (QED) is 0.900. The molecule has 2 aromatic rings. The zero-order valence-electron chi connectivity index (χ0n) is 10.8. The van der Waals surface area contributed by atoms with Crippen molar-refractivity contribution in [3.8, 4) is 5.75 Å². The fourth-order valence-corrected chi connectivity index (χ4v) is 1.53. The van der Waals surface area contributed by atoms with Gasteiger partial charge in [-0.15, -0.1) is 0 Å². The van der Waals surface area contributed by atoms with E-state index in [1.165, 1.54) is 12.1 Å². The number of rotatable bonds is 5. The average molecular weight is 266 g/mol. The molecule has 1 aromatic heterocycles. The Morgan fingerprint density at radius 3 is 2.84 bits per heavy atom. The molecule has 1 atom stereocenters. The lowest BCUT2D eigenvalue weighted by molar-refractivity contribution is 0.198. The molecular formula is C13H15FN2O3. The molecule has 0 aliphatic heterocycles. The van der Waals surface area contributed by atoms with Crippen LogP contribution < -0.4 is 4.74 Å². The first-order valence-corrected chi connectivity index (χ1v) is 6.02. The topological polar surface area (TPSA) is 68.4 Å². The molecule has 0 saturated heterocycles. The van der Waals surface area contributed by atoms with E-state index in [2.05, 4.69) is 10.1 Å². The van der Waals surface area contributed by atoms with Gasteiger partial charge >= 0.3 is 0 Å². The van der Waals surface area contributed by atoms with Crippen LogP contribution in [-0.2, 0) is 13.0 Å². The van der Waals surface area contributed by atoms with E-state index >= 15 is 0 Å². The minimum absolute atomic E-state index is 0.0119. The zero-order chi connectivity index (χ0) is 13.8. The molecule has 19 heavy (non-hydrogen) atoms. The first kappa shape index (κ1) is 13.5. The van der Waals surface area contributed by atoms with E-state index in [1.54, 1.807) is 13.0 Å². The van der Waals surface area contributed by atoms with Crippen LogP contribution in [-0.4, -0.2) is 15.2 Å². The second-order valence-corrected chi connectivity index (χ2v) is 4.11. The summed E-state index contributed by atoms with van der Waals surface area (Å²) in [5, 5.41) is 13.0. The van der Waals surface area contributed by atoms with E-state index in [0.717, 1.165) is 0 Å². The third-order valence-corrected chi connectivity index (χ3v) is 2.62. The Labute approximate surface area is 110 Å². The Kier molecular flexibility index (Phi) is 4.11. The Morgan fingerprint density at radius 1 is 1.47 bits per heavy atom. The number of aryl methyl sites for hydroxylation is 1. The van der Waals surface area contributed by atoms with Gasteiger partial charge < -0.3 is 14.4 Å². The van der Waals surface area contributed by atoms with Crippen LogP contribution in [0.4, 0.5) is 4.39 Å². The summed E-state index contributed by atoms with van der Waals surface area (Å²) in [7, 11) is 0. The fraction of sp³-hybridized carbons (Fsp3) is 0.385. The second-order valence-electron chi connectivity index (χ2n) is 4.11. The standard InChI is InChI=1S/C13H15FN2O3/c1-3-12-15-13(19-16-12)7-18-11-5-4-9(8(2)17)6-10(11)14/h4-6,8,17H,3,7H2,1-2H3/t8-/m1/s1. The van der Waals surface area contributed by atoms with Gasteiger partial charge in [0.2, 0.25) is 0 Å². The van der Waals surface area contributed by atoms with Crippen molar-refractivity contribution in [2.24, 2.45) is 0 Å². The van der Waals surface area contributed by atoms with Crippen molar-refractivity contribution >= 4 is 0 Å². The molecule has 1 heterocycles. The molecule has 0 amide bonds. The van der Waals surface area contributed by atoms with Gasteiger partial charge in [-0.2, -0.15) is 4.98 Å². The van der Waals surface area contributed by atoms with Crippen molar-refractivity contribution in [1.29, 1.82) is 0 Å². The predicted molar refractivity (Wildman–Crippen MR) is 65.0 cm³/mol. The van der Waals surface area contributed by atoms with Gasteiger partial charge in [-0.1, -0.05) is 18.1 Å². The molecule has 1 aromatic carbocycles. The number of hydrogen-bond donors (Lipinski definition) is 1. The van der Waals surface area contributed by atoms with Crippen LogP contribution in [0.2, 0.25) is 0 Å². The van der Waals surface area contributed by atoms with Gasteiger partial charge in [-0.3, -0.25) is 0 Å². The predicted octanol–water partition coefficient (Wildman–Crippen LogP) is 2.40. The SMILES string of the molecule is CCc1noc(COc2ccc([C@@H](C)O)cc2F)n1. The summed E-state index contributed by atoms with van der Waals surface area (Å²) in [5.74, 6) is 0.439. The van der Waals surface area contributed by atoms with Crippen molar-refractivity contribution in [1.82, 2.24) is 10.1 Å². The fourth-order valence-electron chi connectivity index (χ4n) is 1.53. The molecule has 0 unspecified atom stereocenters. The Balaban J connectivity index is 2.03. The maximum atomic E-state index is 13.7. The van der Waals surface area contributed by atoms with E-state index in [-0.39, 0.29) is 12.4 Å². The molecule has 5 nitrogen and oxygen atoms in total. The minimum atomic E-state index is -0.716. The molecule has 102 valence electrons. The number of ether oxygens (including phenoxy) is 1. The molecule has 1 N–H and O–H groups in total. The summed E-state index contributed by atoms with van der Waals surface area (Å²) in [6, 6.07) is 4.31. The number of aliphatic hydroxyl groups is 1. The summed E-state index contributed by atoms with van der Waals surface area (Å²) in [6.07, 6.45) is -0.0485. The molecule has 0 aliphatic carbocycles. The summed E-state index contributed by atoms with van der Waals surface area (Å²) >= 11 is 0. The Hall–Kier alpha value is -1.95. The molecule has 0 radical (unpaired) electrons. The largest absolute Gasteiger partial charge is 0.481 e. The van der Waals surface area contributed by atoms with Crippen molar-refractivity contribution in [3.63, 3.8) is 0 Å². The van der Waals surface area contributed by atoms with Gasteiger partial charge in [0.1, 0.15) is 0 Å². The zero-order valence-corrected chi connectivity index (χ0v) is 10.8. The van der Waals surface area contributed by atoms with E-state index in [1.807, 2.05) is 6.92 Å². The van der Waals surface area contributed by atoms with Crippen LogP contribution >= 0.6 is 0 Å². The van der Waals surface area contributed by atoms with Crippen LogP contribution in [0.3, 0.4) is 0 Å². The van der Waals surface area contributed by atoms with Crippen LogP contribution in [0.5, 0.6) is 5.75 Å². The Morgan fingerprint density at radius 2 is 2.26 bits per heavy atom. The van der Waals surface area contributed by atoms with Crippen molar-refractivity contribution < 1.29 is 18.8 Å². The smallest absolute Gasteiger partial charge is 0.264 e. The maximum absolute atomic E-state index is 13.7. The van der Waals surface area contributed by atoms with Gasteiger partial charge in [0.05, 0.1) is 6.10 Å². The molecule has 2 rings (SSSR count). The highest BCUT2D eigenvalue weighted by Crippen LogP contribution is 2.22. The van der Waals surface area contributed by atoms with E-state index in [0.29, 0.717) is 23.7 Å². The minimum Gasteiger partial charge on any atom is -0.481 e. The molecule has 0 bridgehead atoms. The molecule has 0 fully saturated rings. The monoisotopic (exact) mass is 266 g/mol. The van der Waals surface area contributed by atoms with E-state index < -0.39 is 11.9 Å². The summed E-state index contributed by atoms with van der Waals surface area (Å²) in [5.41, 5.74) is 0.496. The maximum Gasteiger partial charge on any atom is 0.264 e. The number of halogens is 1. The third-order valence-electron chi connectivity index (χ3n) is 2.62. The lowest BCUT2D eigenvalue weighted by Gasteiger charge is -2.08. The molecule has 6 heteroatoms. The second kappa shape index (κ2) is 5.79. The molecular weight excluding hydrogens is 251 g/mol. The number of nitrogens with zero attached hydrogens (tertiary/aromatic N) is 2. The van der Waals surface area contributed by atoms with Gasteiger partial charge in [0, 0.05) is 6.42 Å². The highest BCUT2D eigenvalue weighted by atomic mass is 19.1. The van der Waals surface area contributed by atoms with Gasteiger partial charge in [0.25, 0.3) is 5.89 Å². The van der Waals surface area contributed by atoms with Crippen LogP contribution in [0.15, 0.2) is 22.7 Å². The first-order chi connectivity index (χ1) is 9.10. The summed E-state index contributed by atoms with van der Waals surface area (Å²) < 4.78 is 23.9. The van der Waals surface area contributed by atoms with Crippen LogP contribution in [0, 0.1) is 5.82 Å². The number of hydrogen-bond acceptors (Lipinski definition) is 5. The summed E-state index contributed by atoms with van der Waals surface area (Å²) in [4.78, 5) is 4.05. The first-order valence-electron chi connectivity index (χ1n) is 6.02. The van der Waals surface area contributed by atoms with E-state index in [4.69, 9.17) is 9.26 Å². The van der Waals surface area contributed by atoms with Crippen molar-refractivity contribution in [3.05, 3.63) is 41.3 Å². The van der Waals surface area contributed by atoms with Gasteiger partial charge in [-0.25, -0.2) is 4.39 Å². The van der Waals surface area contributed by atoms with Crippen LogP contribution in [0.1, 0.15) is 37.2 Å².